The van der Waals surface area contributed by atoms with Crippen molar-refractivity contribution in [1.82, 2.24) is 0 Å². The highest BCUT2D eigenvalue weighted by atomic mass is 14.7. The van der Waals surface area contributed by atoms with E-state index in [-0.39, 0.29) is 0 Å². The first-order valence-electron chi connectivity index (χ1n) is 3.29. The molecule has 0 rings (SSSR count). The number of aliphatic imine (C=N–C) groups is 1. The molecule has 0 saturated heterocycles. The molecule has 0 N–H and O–H groups in total. The standard InChI is InChI=1S/C7H15N/c1-4-6-7(3)8-5-2/h5,7H,4,6H2,1-3H3. The molecule has 1 nitrogen and oxygen atoms in total. The molecule has 0 aromatic carbocycles. The number of nitrogens with zero attached hydrogens (tertiary/aromatic N) is 1. The Morgan fingerprint density at radius 2 is 2.25 bits per heavy atom. The zero-order valence-corrected chi connectivity index (χ0v) is 6.02. The van der Waals surface area contributed by atoms with Crippen molar-refractivity contribution in [2.75, 3.05) is 0 Å². The van der Waals surface area contributed by atoms with Crippen molar-refractivity contribution in [3.05, 3.63) is 0 Å². The second-order valence-corrected chi connectivity index (χ2v) is 2.04. The summed E-state index contributed by atoms with van der Waals surface area (Å²) in [4.78, 5) is 4.19. The lowest BCUT2D eigenvalue weighted by atomic mass is 10.2. The van der Waals surface area contributed by atoms with Gasteiger partial charge in [0.2, 0.25) is 0 Å². The van der Waals surface area contributed by atoms with Crippen molar-refractivity contribution >= 4 is 6.21 Å². The van der Waals surface area contributed by atoms with Gasteiger partial charge >= 0.3 is 0 Å². The molecule has 1 heteroatoms. The van der Waals surface area contributed by atoms with Crippen LogP contribution in [-0.2, 0) is 0 Å². The van der Waals surface area contributed by atoms with E-state index in [2.05, 4.69) is 18.8 Å². The highest BCUT2D eigenvalue weighted by Crippen LogP contribution is 1.97. The Hall–Kier alpha value is -0.330. The maximum atomic E-state index is 4.19. The second-order valence-electron chi connectivity index (χ2n) is 2.04. The summed E-state index contributed by atoms with van der Waals surface area (Å²) in [5, 5.41) is 0. The lowest BCUT2D eigenvalue weighted by Crippen LogP contribution is -1.95. The van der Waals surface area contributed by atoms with Crippen molar-refractivity contribution in [3.8, 4) is 0 Å². The summed E-state index contributed by atoms with van der Waals surface area (Å²) in [6.45, 7) is 6.29. The molecule has 0 aliphatic heterocycles. The normalized spacial score (nSPS) is 14.9. The predicted octanol–water partition coefficient (Wildman–Crippen LogP) is 2.27. The van der Waals surface area contributed by atoms with Gasteiger partial charge in [-0.1, -0.05) is 13.3 Å². The third-order valence-electron chi connectivity index (χ3n) is 1.11. The van der Waals surface area contributed by atoms with Crippen LogP contribution < -0.4 is 0 Å². The van der Waals surface area contributed by atoms with Gasteiger partial charge in [-0.25, -0.2) is 0 Å². The largest absolute Gasteiger partial charge is 0.295 e. The molecule has 0 aliphatic rings. The van der Waals surface area contributed by atoms with Crippen LogP contribution in [0.5, 0.6) is 0 Å². The minimum atomic E-state index is 0.532. The molecule has 0 aliphatic carbocycles. The van der Waals surface area contributed by atoms with Gasteiger partial charge in [-0.2, -0.15) is 0 Å². The van der Waals surface area contributed by atoms with Crippen molar-refractivity contribution in [2.45, 2.75) is 39.7 Å². The van der Waals surface area contributed by atoms with Crippen molar-refractivity contribution < 1.29 is 0 Å². The van der Waals surface area contributed by atoms with Crippen LogP contribution in [0.3, 0.4) is 0 Å². The molecule has 1 atom stereocenters. The first-order chi connectivity index (χ1) is 3.81. The molecule has 0 radical (unpaired) electrons. The summed E-state index contributed by atoms with van der Waals surface area (Å²) < 4.78 is 0. The van der Waals surface area contributed by atoms with Crippen molar-refractivity contribution in [2.24, 2.45) is 4.99 Å². The molecule has 1 unspecified atom stereocenters. The Morgan fingerprint density at radius 1 is 1.62 bits per heavy atom. The van der Waals surface area contributed by atoms with E-state index >= 15 is 0 Å². The van der Waals surface area contributed by atoms with Crippen LogP contribution in [0.1, 0.15) is 33.6 Å². The summed E-state index contributed by atoms with van der Waals surface area (Å²) in [5.74, 6) is 0. The first kappa shape index (κ1) is 7.67. The van der Waals surface area contributed by atoms with Crippen LogP contribution in [0.15, 0.2) is 4.99 Å². The number of hydrogen-bond acceptors (Lipinski definition) is 1. The Kier molecular flexibility index (Phi) is 4.62. The molecule has 0 saturated carbocycles. The zero-order chi connectivity index (χ0) is 6.41. The van der Waals surface area contributed by atoms with Crippen LogP contribution in [0.25, 0.3) is 0 Å². The van der Waals surface area contributed by atoms with Gasteiger partial charge in [0, 0.05) is 6.04 Å². The van der Waals surface area contributed by atoms with Gasteiger partial charge in [0.15, 0.2) is 0 Å². The van der Waals surface area contributed by atoms with E-state index in [4.69, 9.17) is 0 Å². The zero-order valence-electron chi connectivity index (χ0n) is 6.02. The SMILES string of the molecule is CC=NC(C)CCC. The molecule has 8 heavy (non-hydrogen) atoms. The Balaban J connectivity index is 3.17. The van der Waals surface area contributed by atoms with E-state index < -0.39 is 0 Å². The maximum Gasteiger partial charge on any atom is 0.0467 e. The molecular weight excluding hydrogens is 98.1 g/mol. The predicted molar refractivity (Wildman–Crippen MR) is 38.5 cm³/mol. The lowest BCUT2D eigenvalue weighted by molar-refractivity contribution is 0.657. The Labute approximate surface area is 51.8 Å². The van der Waals surface area contributed by atoms with E-state index in [9.17, 15) is 0 Å². The Morgan fingerprint density at radius 3 is 2.62 bits per heavy atom. The van der Waals surface area contributed by atoms with E-state index in [1.54, 1.807) is 0 Å². The topological polar surface area (TPSA) is 12.4 Å². The second kappa shape index (κ2) is 4.82. The van der Waals surface area contributed by atoms with Gasteiger partial charge in [0.1, 0.15) is 0 Å². The molecular formula is C7H15N. The fourth-order valence-corrected chi connectivity index (χ4v) is 0.747. The van der Waals surface area contributed by atoms with Gasteiger partial charge in [0.25, 0.3) is 0 Å². The summed E-state index contributed by atoms with van der Waals surface area (Å²) in [5.41, 5.74) is 0. The highest BCUT2D eigenvalue weighted by Gasteiger charge is 1.91. The van der Waals surface area contributed by atoms with E-state index in [0.717, 1.165) is 0 Å². The van der Waals surface area contributed by atoms with Crippen LogP contribution in [0, 0.1) is 0 Å². The van der Waals surface area contributed by atoms with E-state index in [0.29, 0.717) is 6.04 Å². The minimum absolute atomic E-state index is 0.532. The van der Waals surface area contributed by atoms with Crippen LogP contribution in [0.2, 0.25) is 0 Å². The van der Waals surface area contributed by atoms with Crippen LogP contribution >= 0.6 is 0 Å². The van der Waals surface area contributed by atoms with Gasteiger partial charge < -0.3 is 0 Å². The van der Waals surface area contributed by atoms with E-state index in [1.165, 1.54) is 12.8 Å². The van der Waals surface area contributed by atoms with Gasteiger partial charge in [-0.05, 0) is 26.5 Å². The maximum absolute atomic E-state index is 4.19. The molecule has 0 heterocycles. The van der Waals surface area contributed by atoms with Gasteiger partial charge in [0.05, 0.1) is 0 Å². The summed E-state index contributed by atoms with van der Waals surface area (Å²) in [6, 6.07) is 0.532. The molecule has 48 valence electrons. The molecule has 0 amide bonds. The van der Waals surface area contributed by atoms with Gasteiger partial charge in [-0.15, -0.1) is 0 Å². The first-order valence-corrected chi connectivity index (χ1v) is 3.29. The third kappa shape index (κ3) is 3.85. The minimum Gasteiger partial charge on any atom is -0.295 e. The molecule has 0 aromatic rings. The summed E-state index contributed by atoms with van der Waals surface area (Å²) in [6.07, 6.45) is 4.32. The van der Waals surface area contributed by atoms with E-state index in [1.807, 2.05) is 13.1 Å². The molecule has 0 spiro atoms. The fourth-order valence-electron chi connectivity index (χ4n) is 0.747. The lowest BCUT2D eigenvalue weighted by Gasteiger charge is -1.99. The molecule has 0 aromatic heterocycles. The van der Waals surface area contributed by atoms with Crippen molar-refractivity contribution in [3.63, 3.8) is 0 Å². The van der Waals surface area contributed by atoms with Crippen molar-refractivity contribution in [1.29, 1.82) is 0 Å². The third-order valence-corrected chi connectivity index (χ3v) is 1.11. The highest BCUT2D eigenvalue weighted by molar-refractivity contribution is 5.53. The number of hydrogen-bond donors (Lipinski definition) is 0. The summed E-state index contributed by atoms with van der Waals surface area (Å²) in [7, 11) is 0. The monoisotopic (exact) mass is 113 g/mol. The average molecular weight is 113 g/mol. The van der Waals surface area contributed by atoms with Gasteiger partial charge in [-0.3, -0.25) is 4.99 Å². The van der Waals surface area contributed by atoms with Crippen LogP contribution in [-0.4, -0.2) is 12.3 Å². The Bertz CT molecular complexity index is 66.8. The quantitative estimate of drug-likeness (QED) is 0.498. The fraction of sp³-hybridized carbons (Fsp3) is 0.857. The molecule has 0 fully saturated rings. The average Bonchev–Trinajstić information content (AvgIpc) is 1.68. The molecule has 0 bridgehead atoms. The summed E-state index contributed by atoms with van der Waals surface area (Å²) >= 11 is 0. The van der Waals surface area contributed by atoms with Crippen LogP contribution in [0.4, 0.5) is 0 Å². The smallest absolute Gasteiger partial charge is 0.0467 e. The number of rotatable bonds is 3.